The molecule has 2 aromatic heterocycles. The number of piperidine rings is 2. The third kappa shape index (κ3) is 17.4. The van der Waals surface area contributed by atoms with Crippen LogP contribution in [0.5, 0.6) is 11.5 Å². The Morgan fingerprint density at radius 3 is 1.51 bits per heavy atom. The van der Waals surface area contributed by atoms with E-state index in [1.807, 2.05) is 97.1 Å². The highest BCUT2D eigenvalue weighted by atomic mass is 35.5. The van der Waals surface area contributed by atoms with Gasteiger partial charge in [-0.25, -0.2) is 9.97 Å². The van der Waals surface area contributed by atoms with Gasteiger partial charge in [0.15, 0.2) is 5.82 Å². The number of nitrogens with zero attached hydrogens (tertiary/aromatic N) is 6. The first kappa shape index (κ1) is 47.1. The van der Waals surface area contributed by atoms with E-state index >= 15 is 0 Å². The third-order valence-corrected chi connectivity index (χ3v) is 11.0. The van der Waals surface area contributed by atoms with Crippen LogP contribution in [0.2, 0.25) is 15.3 Å². The van der Waals surface area contributed by atoms with Crippen molar-refractivity contribution in [1.82, 2.24) is 29.7 Å². The number of ether oxygens (including phenoxy) is 2. The van der Waals surface area contributed by atoms with E-state index in [1.165, 1.54) is 70.9 Å². The van der Waals surface area contributed by atoms with Gasteiger partial charge in [-0.05, 0) is 123 Å². The van der Waals surface area contributed by atoms with Crippen LogP contribution in [0, 0.1) is 0 Å². The zero-order valence-electron chi connectivity index (χ0n) is 35.6. The Morgan fingerprint density at radius 2 is 1.00 bits per heavy atom. The summed E-state index contributed by atoms with van der Waals surface area (Å²) in [5.74, 6) is 3.40. The van der Waals surface area contributed by atoms with Crippen molar-refractivity contribution >= 4 is 63.8 Å². The normalized spacial score (nSPS) is 14.0. The van der Waals surface area contributed by atoms with E-state index in [1.54, 1.807) is 6.20 Å². The van der Waals surface area contributed by atoms with Gasteiger partial charge in [-0.2, -0.15) is 9.97 Å². The zero-order valence-corrected chi connectivity index (χ0v) is 37.8. The highest BCUT2D eigenvalue weighted by Crippen LogP contribution is 2.24. The van der Waals surface area contributed by atoms with Gasteiger partial charge < -0.3 is 31.2 Å². The number of hydrogen-bond acceptors (Lipinski definition) is 12. The summed E-state index contributed by atoms with van der Waals surface area (Å²) in [7, 11) is 0. The van der Waals surface area contributed by atoms with Crippen molar-refractivity contribution in [3.05, 3.63) is 148 Å². The molecule has 12 nitrogen and oxygen atoms in total. The van der Waals surface area contributed by atoms with Gasteiger partial charge >= 0.3 is 0 Å². The van der Waals surface area contributed by atoms with Crippen LogP contribution >= 0.6 is 34.8 Å². The molecule has 2 aliphatic heterocycles. The molecule has 0 spiro atoms. The topological polar surface area (TPSA) is 139 Å². The molecule has 0 saturated carbocycles. The maximum Gasteiger partial charge on any atom is 0.229 e. The molecule has 5 N–H and O–H groups in total. The molecule has 2 fully saturated rings. The number of benzene rings is 4. The lowest BCUT2D eigenvalue weighted by atomic mass is 10.1. The van der Waals surface area contributed by atoms with Gasteiger partial charge in [0.05, 0.1) is 12.4 Å². The van der Waals surface area contributed by atoms with Gasteiger partial charge in [0, 0.05) is 37.6 Å². The summed E-state index contributed by atoms with van der Waals surface area (Å²) >= 11 is 17.8. The number of halogens is 3. The SMILES string of the molecule is Clc1cnc(Nc2ccc(OCCN3CCCCC3)cc2)nc1NCc1ccccc1.Clc1ncc(Cl)c(NCc2ccccc2)n1.Nc1ccc(OCCN2CCCCC2)cc1. The van der Waals surface area contributed by atoms with Crippen LogP contribution in [0.15, 0.2) is 122 Å². The van der Waals surface area contributed by atoms with Crippen LogP contribution in [-0.4, -0.2) is 82.2 Å². The summed E-state index contributed by atoms with van der Waals surface area (Å²) in [6.45, 7) is 9.62. The largest absolute Gasteiger partial charge is 0.492 e. The minimum Gasteiger partial charge on any atom is -0.492 e. The number of anilines is 5. The number of rotatable bonds is 16. The van der Waals surface area contributed by atoms with Crippen molar-refractivity contribution in [3.63, 3.8) is 0 Å². The number of nitrogen functional groups attached to an aromatic ring is 1. The molecule has 2 saturated heterocycles. The highest BCUT2D eigenvalue weighted by Gasteiger charge is 2.11. The number of nitrogens with one attached hydrogen (secondary N) is 3. The van der Waals surface area contributed by atoms with Crippen molar-refractivity contribution < 1.29 is 9.47 Å². The summed E-state index contributed by atoms with van der Waals surface area (Å²) in [6, 6.07) is 35.5. The monoisotopic (exact) mass is 910 g/mol. The number of nitrogens with two attached hydrogens (primary N) is 1. The predicted molar refractivity (Wildman–Crippen MR) is 259 cm³/mol. The summed E-state index contributed by atoms with van der Waals surface area (Å²) in [6.07, 6.45) is 11.1. The lowest BCUT2D eigenvalue weighted by Gasteiger charge is -2.26. The lowest BCUT2D eigenvalue weighted by Crippen LogP contribution is -2.33. The molecule has 0 aliphatic carbocycles. The molecule has 0 amide bonds. The maximum atomic E-state index is 6.26. The van der Waals surface area contributed by atoms with E-state index in [9.17, 15) is 0 Å². The Kier molecular flexibility index (Phi) is 19.7. The van der Waals surface area contributed by atoms with E-state index in [0.717, 1.165) is 53.7 Å². The van der Waals surface area contributed by atoms with E-state index < -0.39 is 0 Å². The molecule has 63 heavy (non-hydrogen) atoms. The minimum absolute atomic E-state index is 0.181. The first-order valence-corrected chi connectivity index (χ1v) is 22.7. The Morgan fingerprint density at radius 1 is 0.540 bits per heavy atom. The number of likely N-dealkylation sites (tertiary alicyclic amines) is 2. The molecule has 0 bridgehead atoms. The van der Waals surface area contributed by atoms with Crippen molar-refractivity contribution in [1.29, 1.82) is 0 Å². The molecule has 4 heterocycles. The smallest absolute Gasteiger partial charge is 0.229 e. The fraction of sp³-hybridized carbons (Fsp3) is 0.333. The zero-order chi connectivity index (χ0) is 43.9. The molecule has 332 valence electrons. The number of hydrogen-bond donors (Lipinski definition) is 4. The van der Waals surface area contributed by atoms with Crippen LogP contribution < -0.4 is 31.2 Å². The van der Waals surface area contributed by atoms with E-state index in [2.05, 4.69) is 57.8 Å². The van der Waals surface area contributed by atoms with Crippen LogP contribution in [-0.2, 0) is 13.1 Å². The summed E-state index contributed by atoms with van der Waals surface area (Å²) in [4.78, 5) is 21.5. The molecule has 0 unspecified atom stereocenters. The second kappa shape index (κ2) is 26.3. The van der Waals surface area contributed by atoms with Crippen LogP contribution in [0.1, 0.15) is 49.7 Å². The third-order valence-electron chi connectivity index (χ3n) is 10.3. The van der Waals surface area contributed by atoms with Crippen LogP contribution in [0.3, 0.4) is 0 Å². The Hall–Kier alpha value is -5.37. The summed E-state index contributed by atoms with van der Waals surface area (Å²) in [5.41, 5.74) is 9.58. The second-order valence-electron chi connectivity index (χ2n) is 15.1. The van der Waals surface area contributed by atoms with E-state index in [-0.39, 0.29) is 5.28 Å². The van der Waals surface area contributed by atoms with Crippen LogP contribution in [0.4, 0.5) is 29.0 Å². The quantitative estimate of drug-likeness (QED) is 0.0543. The van der Waals surface area contributed by atoms with Gasteiger partial charge in [0.2, 0.25) is 11.2 Å². The molecule has 6 aromatic rings. The molecule has 2 aliphatic rings. The van der Waals surface area contributed by atoms with Crippen molar-refractivity contribution in [2.24, 2.45) is 0 Å². The van der Waals surface area contributed by atoms with Gasteiger partial charge in [-0.15, -0.1) is 0 Å². The number of aromatic nitrogens is 4. The molecule has 8 rings (SSSR count). The van der Waals surface area contributed by atoms with E-state index in [0.29, 0.717) is 47.3 Å². The van der Waals surface area contributed by atoms with Crippen molar-refractivity contribution in [2.75, 3.05) is 74.2 Å². The van der Waals surface area contributed by atoms with Gasteiger partial charge in [-0.3, -0.25) is 9.80 Å². The summed E-state index contributed by atoms with van der Waals surface area (Å²) < 4.78 is 11.6. The summed E-state index contributed by atoms with van der Waals surface area (Å²) in [5, 5.41) is 10.7. The highest BCUT2D eigenvalue weighted by molar-refractivity contribution is 6.33. The Bertz CT molecular complexity index is 2200. The van der Waals surface area contributed by atoms with Crippen molar-refractivity contribution in [2.45, 2.75) is 51.6 Å². The molecule has 15 heteroatoms. The molecule has 4 aromatic carbocycles. The molecule has 0 atom stereocenters. The molecular weight excluding hydrogens is 855 g/mol. The predicted octanol–water partition coefficient (Wildman–Crippen LogP) is 10.9. The first-order chi connectivity index (χ1) is 30.9. The minimum atomic E-state index is 0.181. The maximum absolute atomic E-state index is 6.26. The Labute approximate surface area is 386 Å². The Balaban J connectivity index is 0.000000173. The fourth-order valence-electron chi connectivity index (χ4n) is 6.86. The van der Waals surface area contributed by atoms with Gasteiger partial charge in [0.1, 0.15) is 40.6 Å². The molecular formula is C48H57Cl3N10O2. The van der Waals surface area contributed by atoms with Gasteiger partial charge in [0.25, 0.3) is 0 Å². The standard InChI is InChI=1S/C24H28ClN5O.C13H20N2O.C11H9Cl2N3/c25-22-18-27-24(29-23(22)26-17-19-7-3-1-4-8-19)28-20-9-11-21(12-10-20)31-16-15-30-13-5-2-6-14-30;14-12-4-6-13(7-5-12)16-11-10-15-8-2-1-3-9-15;12-9-7-15-11(13)16-10(9)14-6-8-4-2-1-3-5-8/h1,3-4,7-12,18H,2,5-6,13-17H2,(H2,26,27,28,29);4-7H,1-3,8-11,14H2;1-5,7H,6H2,(H,14,15,16). The second-order valence-corrected chi connectivity index (χ2v) is 16.3. The van der Waals surface area contributed by atoms with Crippen molar-refractivity contribution in [3.8, 4) is 11.5 Å². The average molecular weight is 912 g/mol. The fourth-order valence-corrected chi connectivity index (χ4v) is 7.31. The van der Waals surface area contributed by atoms with E-state index in [4.69, 9.17) is 50.0 Å². The molecule has 0 radical (unpaired) electrons. The average Bonchev–Trinajstić information content (AvgIpc) is 3.32. The van der Waals surface area contributed by atoms with Crippen LogP contribution in [0.25, 0.3) is 0 Å². The van der Waals surface area contributed by atoms with Gasteiger partial charge in [-0.1, -0.05) is 96.7 Å². The first-order valence-electron chi connectivity index (χ1n) is 21.6. The lowest BCUT2D eigenvalue weighted by molar-refractivity contribution is 0.183.